The van der Waals surface area contributed by atoms with E-state index in [0.29, 0.717) is 12.0 Å². The molecule has 2 nitrogen and oxygen atoms in total. The number of amides is 1. The highest BCUT2D eigenvalue weighted by molar-refractivity contribution is 5.93. The molecule has 1 N–H and O–H groups in total. The first-order valence-corrected chi connectivity index (χ1v) is 4.38. The van der Waals surface area contributed by atoms with Crippen LogP contribution in [0.2, 0.25) is 0 Å². The van der Waals surface area contributed by atoms with E-state index in [1.54, 1.807) is 0 Å². The standard InChI is InChI=1S/C10H16FNO/c1-4-5-6-9(7-8(2)11)10(13)12-3/h7H,2,4-6H2,1,3H3,(H,12,13)/b9-7+. The van der Waals surface area contributed by atoms with Crippen LogP contribution in [0, 0.1) is 0 Å². The molecule has 0 saturated carbocycles. The molecule has 0 heterocycles. The Balaban J connectivity index is 4.36. The van der Waals surface area contributed by atoms with Crippen LogP contribution in [0.3, 0.4) is 0 Å². The van der Waals surface area contributed by atoms with Gasteiger partial charge in [0.25, 0.3) is 0 Å². The number of rotatable bonds is 5. The molecule has 0 saturated heterocycles. The van der Waals surface area contributed by atoms with Gasteiger partial charge in [-0.1, -0.05) is 19.9 Å². The average Bonchev–Trinajstić information content (AvgIpc) is 2.10. The molecule has 0 spiro atoms. The largest absolute Gasteiger partial charge is 0.355 e. The van der Waals surface area contributed by atoms with Gasteiger partial charge in [-0.3, -0.25) is 4.79 Å². The highest BCUT2D eigenvalue weighted by atomic mass is 19.1. The van der Waals surface area contributed by atoms with E-state index < -0.39 is 5.83 Å². The summed E-state index contributed by atoms with van der Waals surface area (Å²) in [7, 11) is 1.53. The summed E-state index contributed by atoms with van der Waals surface area (Å²) in [6.45, 7) is 5.12. The minimum atomic E-state index is -0.574. The molecule has 0 aliphatic heterocycles. The van der Waals surface area contributed by atoms with Gasteiger partial charge in [0.05, 0.1) is 0 Å². The van der Waals surface area contributed by atoms with Gasteiger partial charge in [-0.05, 0) is 18.9 Å². The van der Waals surface area contributed by atoms with Crippen LogP contribution in [0.4, 0.5) is 4.39 Å². The first-order valence-electron chi connectivity index (χ1n) is 4.38. The van der Waals surface area contributed by atoms with Crippen molar-refractivity contribution in [3.05, 3.63) is 24.1 Å². The van der Waals surface area contributed by atoms with Crippen LogP contribution >= 0.6 is 0 Å². The molecule has 0 atom stereocenters. The zero-order chi connectivity index (χ0) is 10.3. The highest BCUT2D eigenvalue weighted by Gasteiger charge is 2.06. The highest BCUT2D eigenvalue weighted by Crippen LogP contribution is 2.10. The van der Waals surface area contributed by atoms with Gasteiger partial charge < -0.3 is 5.32 Å². The van der Waals surface area contributed by atoms with Gasteiger partial charge in [-0.2, -0.15) is 0 Å². The fourth-order valence-corrected chi connectivity index (χ4v) is 0.968. The Kier molecular flexibility index (Phi) is 5.85. The minimum Gasteiger partial charge on any atom is -0.355 e. The summed E-state index contributed by atoms with van der Waals surface area (Å²) in [6.07, 6.45) is 3.65. The molecule has 0 aromatic heterocycles. The molecule has 0 fully saturated rings. The third-order valence-electron chi connectivity index (χ3n) is 1.65. The Labute approximate surface area is 78.5 Å². The summed E-state index contributed by atoms with van der Waals surface area (Å²) in [5.41, 5.74) is 0.455. The first-order chi connectivity index (χ1) is 6.11. The number of carbonyl (C=O) groups is 1. The number of likely N-dealkylation sites (N-methyl/N-ethyl adjacent to an activating group) is 1. The van der Waals surface area contributed by atoms with E-state index in [-0.39, 0.29) is 5.91 Å². The van der Waals surface area contributed by atoms with E-state index in [2.05, 4.69) is 11.9 Å². The number of carbonyl (C=O) groups excluding carboxylic acids is 1. The fraction of sp³-hybridized carbons (Fsp3) is 0.500. The fourth-order valence-electron chi connectivity index (χ4n) is 0.968. The third-order valence-corrected chi connectivity index (χ3v) is 1.65. The van der Waals surface area contributed by atoms with Gasteiger partial charge in [0.15, 0.2) is 0 Å². The molecule has 0 rings (SSSR count). The Bertz CT molecular complexity index is 221. The van der Waals surface area contributed by atoms with Crippen LogP contribution in [-0.4, -0.2) is 13.0 Å². The normalized spacial score (nSPS) is 11.2. The number of unbranched alkanes of at least 4 members (excludes halogenated alkanes) is 1. The van der Waals surface area contributed by atoms with Gasteiger partial charge in [0, 0.05) is 12.6 Å². The molecule has 0 bridgehead atoms. The van der Waals surface area contributed by atoms with Crippen molar-refractivity contribution in [2.24, 2.45) is 0 Å². The molecule has 0 unspecified atom stereocenters. The summed E-state index contributed by atoms with van der Waals surface area (Å²) >= 11 is 0. The van der Waals surface area contributed by atoms with Crippen molar-refractivity contribution >= 4 is 5.91 Å². The second-order valence-corrected chi connectivity index (χ2v) is 2.80. The molecule has 3 heteroatoms. The van der Waals surface area contributed by atoms with Crippen molar-refractivity contribution in [1.82, 2.24) is 5.32 Å². The predicted molar refractivity (Wildman–Crippen MR) is 51.9 cm³/mol. The maximum Gasteiger partial charge on any atom is 0.247 e. The summed E-state index contributed by atoms with van der Waals surface area (Å²) in [5.74, 6) is -0.804. The van der Waals surface area contributed by atoms with Crippen LogP contribution in [0.5, 0.6) is 0 Å². The lowest BCUT2D eigenvalue weighted by Crippen LogP contribution is -2.20. The van der Waals surface area contributed by atoms with E-state index in [4.69, 9.17) is 0 Å². The monoisotopic (exact) mass is 185 g/mol. The summed E-state index contributed by atoms with van der Waals surface area (Å²) in [6, 6.07) is 0. The molecule has 0 aromatic rings. The Morgan fingerprint density at radius 1 is 1.62 bits per heavy atom. The van der Waals surface area contributed by atoms with Crippen molar-refractivity contribution in [3.63, 3.8) is 0 Å². The van der Waals surface area contributed by atoms with Crippen LogP contribution in [0.1, 0.15) is 26.2 Å². The van der Waals surface area contributed by atoms with Gasteiger partial charge in [0.1, 0.15) is 5.83 Å². The van der Waals surface area contributed by atoms with Gasteiger partial charge in [-0.25, -0.2) is 4.39 Å². The second kappa shape index (κ2) is 6.40. The zero-order valence-corrected chi connectivity index (χ0v) is 8.19. The van der Waals surface area contributed by atoms with Crippen molar-refractivity contribution in [3.8, 4) is 0 Å². The Morgan fingerprint density at radius 2 is 2.23 bits per heavy atom. The van der Waals surface area contributed by atoms with E-state index in [0.717, 1.165) is 12.8 Å². The SMILES string of the molecule is C=C(F)/C=C(\CCCC)C(=O)NC. The molecule has 0 radical (unpaired) electrons. The predicted octanol–water partition coefficient (Wildman–Crippen LogP) is 2.33. The molecule has 13 heavy (non-hydrogen) atoms. The van der Waals surface area contributed by atoms with Crippen LogP contribution in [0.15, 0.2) is 24.1 Å². The molecule has 0 aliphatic carbocycles. The molecule has 74 valence electrons. The van der Waals surface area contributed by atoms with Crippen LogP contribution in [-0.2, 0) is 4.79 Å². The number of halogens is 1. The van der Waals surface area contributed by atoms with Crippen molar-refractivity contribution in [2.75, 3.05) is 7.05 Å². The van der Waals surface area contributed by atoms with E-state index in [1.807, 2.05) is 6.92 Å². The molecular formula is C10H16FNO. The molecule has 0 aromatic carbocycles. The Morgan fingerprint density at radius 3 is 2.62 bits per heavy atom. The van der Waals surface area contributed by atoms with Gasteiger partial charge >= 0.3 is 0 Å². The van der Waals surface area contributed by atoms with Crippen LogP contribution in [0.25, 0.3) is 0 Å². The van der Waals surface area contributed by atoms with E-state index in [9.17, 15) is 9.18 Å². The van der Waals surface area contributed by atoms with E-state index in [1.165, 1.54) is 13.1 Å². The number of hydrogen-bond donors (Lipinski definition) is 1. The van der Waals surface area contributed by atoms with E-state index >= 15 is 0 Å². The lowest BCUT2D eigenvalue weighted by atomic mass is 10.1. The zero-order valence-electron chi connectivity index (χ0n) is 8.19. The summed E-state index contributed by atoms with van der Waals surface area (Å²) < 4.78 is 12.4. The third kappa shape index (κ3) is 5.17. The molecular weight excluding hydrogens is 169 g/mol. The lowest BCUT2D eigenvalue weighted by Gasteiger charge is -2.03. The number of nitrogens with one attached hydrogen (secondary N) is 1. The van der Waals surface area contributed by atoms with Crippen LogP contribution < -0.4 is 5.32 Å². The topological polar surface area (TPSA) is 29.1 Å². The molecule has 1 amide bonds. The van der Waals surface area contributed by atoms with Crippen molar-refractivity contribution < 1.29 is 9.18 Å². The maximum atomic E-state index is 12.4. The second-order valence-electron chi connectivity index (χ2n) is 2.80. The van der Waals surface area contributed by atoms with Crippen molar-refractivity contribution in [1.29, 1.82) is 0 Å². The molecule has 0 aliphatic rings. The quantitative estimate of drug-likeness (QED) is 0.517. The maximum absolute atomic E-state index is 12.4. The van der Waals surface area contributed by atoms with Gasteiger partial charge in [0.2, 0.25) is 5.91 Å². The number of hydrogen-bond acceptors (Lipinski definition) is 1. The lowest BCUT2D eigenvalue weighted by molar-refractivity contribution is -0.117. The summed E-state index contributed by atoms with van der Waals surface area (Å²) in [5, 5.41) is 2.46. The first kappa shape index (κ1) is 11.9. The summed E-state index contributed by atoms with van der Waals surface area (Å²) in [4.78, 5) is 11.2. The van der Waals surface area contributed by atoms with Crippen molar-refractivity contribution in [2.45, 2.75) is 26.2 Å². The minimum absolute atomic E-state index is 0.229. The number of allylic oxidation sites excluding steroid dienone is 2. The average molecular weight is 185 g/mol. The Hall–Kier alpha value is -1.12. The van der Waals surface area contributed by atoms with Gasteiger partial charge in [-0.15, -0.1) is 0 Å². The smallest absolute Gasteiger partial charge is 0.247 e.